The van der Waals surface area contributed by atoms with Crippen molar-refractivity contribution in [3.05, 3.63) is 75.9 Å². The molecule has 4 rings (SSSR count). The molecule has 0 fully saturated rings. The average Bonchev–Trinajstić information content (AvgIpc) is 2.67. The summed E-state index contributed by atoms with van der Waals surface area (Å²) in [6.45, 7) is 0. The highest BCUT2D eigenvalue weighted by molar-refractivity contribution is 5.87. The number of para-hydroxylation sites is 1. The highest BCUT2D eigenvalue weighted by atomic mass is 19.1. The van der Waals surface area contributed by atoms with Crippen LogP contribution in [0.3, 0.4) is 0 Å². The normalized spacial score (nSPS) is 21.4. The summed E-state index contributed by atoms with van der Waals surface area (Å²) in [6, 6.07) is 12.1. The molecule has 138 valence electrons. The van der Waals surface area contributed by atoms with Gasteiger partial charge >= 0.3 is 17.4 Å². The molecule has 3 aromatic rings. The summed E-state index contributed by atoms with van der Waals surface area (Å²) in [5.41, 5.74) is 0.304. The minimum absolute atomic E-state index is 0.0512. The zero-order valence-corrected chi connectivity index (χ0v) is 14.3. The molecule has 0 aliphatic carbocycles. The molecule has 7 heteroatoms. The third-order valence-electron chi connectivity index (χ3n) is 4.68. The molecule has 0 radical (unpaired) electrons. The minimum atomic E-state index is -2.29. The molecule has 2 aromatic carbocycles. The maximum absolute atomic E-state index is 13.3. The third-order valence-corrected chi connectivity index (χ3v) is 4.68. The molecule has 27 heavy (non-hydrogen) atoms. The number of methoxy groups -OCH3 is 1. The van der Waals surface area contributed by atoms with Gasteiger partial charge in [0.25, 0.3) is 0 Å². The van der Waals surface area contributed by atoms with Crippen molar-refractivity contribution in [1.29, 1.82) is 0 Å². The van der Waals surface area contributed by atoms with E-state index in [-0.39, 0.29) is 23.3 Å². The summed E-state index contributed by atoms with van der Waals surface area (Å²) in [5, 5.41) is 11.3. The Balaban J connectivity index is 2.00. The summed E-state index contributed by atoms with van der Waals surface area (Å²) >= 11 is 0. The first-order chi connectivity index (χ1) is 12.9. The Labute approximate surface area is 152 Å². The Hall–Kier alpha value is -3.19. The van der Waals surface area contributed by atoms with Crippen molar-refractivity contribution in [2.24, 2.45) is 0 Å². The molecular weight excluding hydrogens is 355 g/mol. The van der Waals surface area contributed by atoms with E-state index in [9.17, 15) is 19.1 Å². The van der Waals surface area contributed by atoms with Gasteiger partial charge in [-0.2, -0.15) is 0 Å². The Bertz CT molecular complexity index is 1090. The lowest BCUT2D eigenvalue weighted by Crippen LogP contribution is -2.50. The van der Waals surface area contributed by atoms with E-state index in [1.165, 1.54) is 24.3 Å². The number of fused-ring (bicyclic) bond motifs is 3. The monoisotopic (exact) mass is 370 g/mol. The number of benzene rings is 2. The lowest BCUT2D eigenvalue weighted by Gasteiger charge is -2.36. The van der Waals surface area contributed by atoms with Crippen molar-refractivity contribution in [3.63, 3.8) is 0 Å². The molecule has 0 amide bonds. The quantitative estimate of drug-likeness (QED) is 0.551. The predicted molar refractivity (Wildman–Crippen MR) is 92.9 cm³/mol. The van der Waals surface area contributed by atoms with Crippen LogP contribution in [-0.4, -0.2) is 24.0 Å². The fourth-order valence-electron chi connectivity index (χ4n) is 3.40. The number of rotatable bonds is 2. The van der Waals surface area contributed by atoms with Crippen LogP contribution < -0.4 is 10.4 Å². The van der Waals surface area contributed by atoms with Gasteiger partial charge in [-0.15, -0.1) is 0 Å². The molecule has 6 nitrogen and oxygen atoms in total. The third kappa shape index (κ3) is 2.76. The number of aliphatic hydroxyl groups is 1. The van der Waals surface area contributed by atoms with Crippen molar-refractivity contribution < 1.29 is 28.2 Å². The minimum Gasteiger partial charge on any atom is -0.464 e. The van der Waals surface area contributed by atoms with Crippen LogP contribution in [0.2, 0.25) is 0 Å². The summed E-state index contributed by atoms with van der Waals surface area (Å²) < 4.78 is 29.0. The van der Waals surface area contributed by atoms with Crippen LogP contribution in [0.4, 0.5) is 4.39 Å². The second-order valence-electron chi connectivity index (χ2n) is 6.31. The predicted octanol–water partition coefficient (Wildman–Crippen LogP) is 2.71. The number of carbonyl (C=O) groups is 1. The van der Waals surface area contributed by atoms with Crippen LogP contribution in [0.5, 0.6) is 5.75 Å². The standard InChI is InChI=1S/C20H15FO6/c1-25-19(23)20(24)10-14(11-6-8-12(21)9-7-11)16-17(27-20)13-4-2-3-5-15(13)26-18(16)22/h2-9,14,24H,10H2,1H3. The smallest absolute Gasteiger partial charge is 0.379 e. The first-order valence-electron chi connectivity index (χ1n) is 8.24. The SMILES string of the molecule is COC(=O)C1(O)CC(c2ccc(F)cc2)c2c(c3ccccc3oc2=O)O1. The van der Waals surface area contributed by atoms with E-state index >= 15 is 0 Å². The molecule has 0 spiro atoms. The van der Waals surface area contributed by atoms with Gasteiger partial charge in [-0.25, -0.2) is 14.0 Å². The lowest BCUT2D eigenvalue weighted by molar-refractivity contribution is -0.202. The molecule has 0 saturated heterocycles. The number of carbonyl (C=O) groups excluding carboxylic acids is 1. The van der Waals surface area contributed by atoms with Crippen molar-refractivity contribution in [2.75, 3.05) is 7.11 Å². The Morgan fingerprint density at radius 3 is 2.63 bits per heavy atom. The lowest BCUT2D eigenvalue weighted by atomic mass is 9.83. The van der Waals surface area contributed by atoms with Crippen molar-refractivity contribution in [2.45, 2.75) is 18.1 Å². The number of esters is 1. The molecular formula is C20H15FO6. The van der Waals surface area contributed by atoms with Crippen LogP contribution in [0.25, 0.3) is 11.0 Å². The number of hydrogen-bond acceptors (Lipinski definition) is 6. The molecule has 2 heterocycles. The summed E-state index contributed by atoms with van der Waals surface area (Å²) in [6.07, 6.45) is -0.276. The molecule has 2 unspecified atom stereocenters. The van der Waals surface area contributed by atoms with Crippen molar-refractivity contribution in [3.8, 4) is 5.75 Å². The topological polar surface area (TPSA) is 86.0 Å². The second kappa shape index (κ2) is 6.21. The number of halogens is 1. The van der Waals surface area contributed by atoms with E-state index in [0.717, 1.165) is 7.11 Å². The van der Waals surface area contributed by atoms with Gasteiger partial charge in [0.1, 0.15) is 17.1 Å². The zero-order chi connectivity index (χ0) is 19.2. The number of hydrogen-bond donors (Lipinski definition) is 1. The van der Waals surface area contributed by atoms with E-state index in [1.54, 1.807) is 24.3 Å². The summed E-state index contributed by atoms with van der Waals surface area (Å²) in [5.74, 6) is -4.43. The Morgan fingerprint density at radius 1 is 1.22 bits per heavy atom. The van der Waals surface area contributed by atoms with E-state index in [1.807, 2.05) is 0 Å². The van der Waals surface area contributed by atoms with Gasteiger partial charge in [0.15, 0.2) is 0 Å². The first-order valence-corrected chi connectivity index (χ1v) is 8.24. The first kappa shape index (κ1) is 17.2. The van der Waals surface area contributed by atoms with Gasteiger partial charge in [-0.3, -0.25) is 0 Å². The maximum Gasteiger partial charge on any atom is 0.379 e. The van der Waals surface area contributed by atoms with Gasteiger partial charge < -0.3 is 19.0 Å². The van der Waals surface area contributed by atoms with Gasteiger partial charge in [-0.05, 0) is 29.8 Å². The average molecular weight is 370 g/mol. The van der Waals surface area contributed by atoms with Crippen LogP contribution in [-0.2, 0) is 9.53 Å². The van der Waals surface area contributed by atoms with E-state index in [0.29, 0.717) is 10.9 Å². The van der Waals surface area contributed by atoms with Gasteiger partial charge in [-0.1, -0.05) is 24.3 Å². The van der Waals surface area contributed by atoms with Crippen LogP contribution in [0, 0.1) is 5.82 Å². The molecule has 1 aromatic heterocycles. The Kier molecular flexibility index (Phi) is 3.96. The zero-order valence-electron chi connectivity index (χ0n) is 14.3. The van der Waals surface area contributed by atoms with Gasteiger partial charge in [0, 0.05) is 12.3 Å². The number of ether oxygens (including phenoxy) is 2. The van der Waals surface area contributed by atoms with E-state index in [2.05, 4.69) is 4.74 Å². The van der Waals surface area contributed by atoms with E-state index < -0.39 is 29.1 Å². The van der Waals surface area contributed by atoms with E-state index in [4.69, 9.17) is 9.15 Å². The fourth-order valence-corrected chi connectivity index (χ4v) is 3.40. The summed E-state index contributed by atoms with van der Waals surface area (Å²) in [4.78, 5) is 24.9. The highest BCUT2D eigenvalue weighted by Gasteiger charge is 2.49. The van der Waals surface area contributed by atoms with Gasteiger partial charge in [0.05, 0.1) is 18.1 Å². The fraction of sp³-hybridized carbons (Fsp3) is 0.200. The molecule has 1 aliphatic heterocycles. The highest BCUT2D eigenvalue weighted by Crippen LogP contribution is 2.45. The maximum atomic E-state index is 13.3. The van der Waals surface area contributed by atoms with Crippen LogP contribution in [0.15, 0.2) is 57.7 Å². The van der Waals surface area contributed by atoms with Gasteiger partial charge in [0.2, 0.25) is 0 Å². The van der Waals surface area contributed by atoms with Crippen LogP contribution >= 0.6 is 0 Å². The largest absolute Gasteiger partial charge is 0.464 e. The molecule has 0 bridgehead atoms. The Morgan fingerprint density at radius 2 is 1.93 bits per heavy atom. The molecule has 0 saturated carbocycles. The molecule has 1 N–H and O–H groups in total. The van der Waals surface area contributed by atoms with Crippen molar-refractivity contribution >= 4 is 16.9 Å². The van der Waals surface area contributed by atoms with Crippen molar-refractivity contribution in [1.82, 2.24) is 0 Å². The summed E-state index contributed by atoms with van der Waals surface area (Å²) in [7, 11) is 1.13. The molecule has 1 aliphatic rings. The van der Waals surface area contributed by atoms with Crippen LogP contribution in [0.1, 0.15) is 23.5 Å². The molecule has 2 atom stereocenters. The second-order valence-corrected chi connectivity index (χ2v) is 6.31.